The molecule has 6 heteroatoms. The smallest absolute Gasteiger partial charge is 0.281 e. The van der Waals surface area contributed by atoms with E-state index in [0.717, 1.165) is 0 Å². The van der Waals surface area contributed by atoms with Gasteiger partial charge in [-0.25, -0.2) is 13.8 Å². The first-order chi connectivity index (χ1) is 6.60. The van der Waals surface area contributed by atoms with Crippen molar-refractivity contribution >= 4 is 22.6 Å². The number of halogens is 3. The maximum atomic E-state index is 12.4. The van der Waals surface area contributed by atoms with Gasteiger partial charge in [0.25, 0.3) is 6.43 Å². The number of nitriles is 1. The van der Waals surface area contributed by atoms with E-state index in [-0.39, 0.29) is 17.9 Å². The van der Waals surface area contributed by atoms with E-state index in [4.69, 9.17) is 11.0 Å². The number of nitrogens with two attached hydrogens (primary N) is 1. The highest BCUT2D eigenvalue weighted by molar-refractivity contribution is 14.1. The second-order valence-corrected chi connectivity index (χ2v) is 3.56. The zero-order valence-corrected chi connectivity index (χ0v) is 9.12. The topological polar surface area (TPSA) is 62.7 Å². The maximum absolute atomic E-state index is 12.4. The van der Waals surface area contributed by atoms with Crippen LogP contribution >= 0.6 is 22.6 Å². The van der Waals surface area contributed by atoms with E-state index in [2.05, 4.69) is 4.98 Å². The van der Waals surface area contributed by atoms with Gasteiger partial charge in [-0.3, -0.25) is 0 Å². The quantitative estimate of drug-likeness (QED) is 0.849. The summed E-state index contributed by atoms with van der Waals surface area (Å²) >= 11 is 1.76. The molecular formula is C8H6F2IN3. The van der Waals surface area contributed by atoms with E-state index in [0.29, 0.717) is 9.13 Å². The van der Waals surface area contributed by atoms with Gasteiger partial charge in [-0.15, -0.1) is 0 Å². The maximum Gasteiger partial charge on any atom is 0.281 e. The van der Waals surface area contributed by atoms with E-state index in [9.17, 15) is 8.78 Å². The van der Waals surface area contributed by atoms with Crippen LogP contribution in [0.2, 0.25) is 0 Å². The minimum Gasteiger partial charge on any atom is -0.326 e. The van der Waals surface area contributed by atoms with Crippen LogP contribution in [0.15, 0.2) is 6.07 Å². The molecule has 74 valence electrons. The number of hydrogen-bond acceptors (Lipinski definition) is 3. The van der Waals surface area contributed by atoms with Gasteiger partial charge in [0.15, 0.2) is 0 Å². The van der Waals surface area contributed by atoms with Crippen molar-refractivity contribution in [2.45, 2.75) is 13.0 Å². The fourth-order valence-corrected chi connectivity index (χ4v) is 1.69. The first-order valence-corrected chi connectivity index (χ1v) is 4.75. The molecule has 1 rings (SSSR count). The van der Waals surface area contributed by atoms with E-state index in [1.165, 1.54) is 6.07 Å². The summed E-state index contributed by atoms with van der Waals surface area (Å²) in [6, 6.07) is 3.15. The van der Waals surface area contributed by atoms with Crippen molar-refractivity contribution in [3.05, 3.63) is 26.6 Å². The highest BCUT2D eigenvalue weighted by Gasteiger charge is 2.17. The summed E-state index contributed by atoms with van der Waals surface area (Å²) in [5, 5.41) is 8.55. The Balaban J connectivity index is 3.36. The Kier molecular flexibility index (Phi) is 3.71. The highest BCUT2D eigenvalue weighted by Crippen LogP contribution is 2.25. The minimum absolute atomic E-state index is 0.0267. The molecule has 0 amide bonds. The molecular weight excluding hydrogens is 303 g/mol. The number of pyridine rings is 1. The van der Waals surface area contributed by atoms with Crippen LogP contribution < -0.4 is 5.73 Å². The first kappa shape index (κ1) is 11.3. The molecule has 0 aliphatic heterocycles. The molecule has 1 heterocycles. The predicted molar refractivity (Wildman–Crippen MR) is 54.5 cm³/mol. The first-order valence-electron chi connectivity index (χ1n) is 3.67. The Morgan fingerprint density at radius 1 is 1.64 bits per heavy atom. The van der Waals surface area contributed by atoms with Crippen molar-refractivity contribution in [3.8, 4) is 6.07 Å². The summed E-state index contributed by atoms with van der Waals surface area (Å²) < 4.78 is 25.2. The Bertz CT molecular complexity index is 387. The summed E-state index contributed by atoms with van der Waals surface area (Å²) in [6.07, 6.45) is -2.68. The van der Waals surface area contributed by atoms with Crippen molar-refractivity contribution < 1.29 is 8.78 Å². The fraction of sp³-hybridized carbons (Fsp3) is 0.250. The summed E-state index contributed by atoms with van der Waals surface area (Å²) in [4.78, 5) is 3.52. The van der Waals surface area contributed by atoms with Gasteiger partial charge >= 0.3 is 0 Å². The third kappa shape index (κ3) is 2.16. The lowest BCUT2D eigenvalue weighted by Gasteiger charge is -2.07. The van der Waals surface area contributed by atoms with Crippen LogP contribution in [-0.2, 0) is 6.54 Å². The molecule has 0 atom stereocenters. The molecule has 1 aromatic heterocycles. The van der Waals surface area contributed by atoms with Crippen molar-refractivity contribution in [1.82, 2.24) is 4.98 Å². The monoisotopic (exact) mass is 309 g/mol. The average molecular weight is 309 g/mol. The molecule has 0 spiro atoms. The number of nitrogens with zero attached hydrogens (tertiary/aromatic N) is 2. The third-order valence-electron chi connectivity index (χ3n) is 1.60. The normalized spacial score (nSPS) is 10.3. The lowest BCUT2D eigenvalue weighted by atomic mass is 10.2. The fourth-order valence-electron chi connectivity index (χ4n) is 0.954. The van der Waals surface area contributed by atoms with Crippen LogP contribution in [0.1, 0.15) is 23.4 Å². The second-order valence-electron chi connectivity index (χ2n) is 2.48. The molecule has 0 unspecified atom stereocenters. The van der Waals surface area contributed by atoms with E-state index in [1.807, 2.05) is 0 Å². The summed E-state index contributed by atoms with van der Waals surface area (Å²) in [6.45, 7) is 0.120. The van der Waals surface area contributed by atoms with E-state index < -0.39 is 6.43 Å². The van der Waals surface area contributed by atoms with Gasteiger partial charge < -0.3 is 5.73 Å². The van der Waals surface area contributed by atoms with Crippen LogP contribution in [0.5, 0.6) is 0 Å². The van der Waals surface area contributed by atoms with E-state index in [1.54, 1.807) is 28.7 Å². The number of rotatable bonds is 2. The van der Waals surface area contributed by atoms with Crippen molar-refractivity contribution in [1.29, 1.82) is 5.26 Å². The molecule has 0 aliphatic carbocycles. The molecule has 0 aromatic carbocycles. The van der Waals surface area contributed by atoms with Gasteiger partial charge in [0.1, 0.15) is 17.5 Å². The van der Waals surface area contributed by atoms with Gasteiger partial charge in [-0.2, -0.15) is 5.26 Å². The van der Waals surface area contributed by atoms with Gasteiger partial charge in [-0.1, -0.05) is 0 Å². The van der Waals surface area contributed by atoms with Gasteiger partial charge in [0.2, 0.25) is 0 Å². The highest BCUT2D eigenvalue weighted by atomic mass is 127. The van der Waals surface area contributed by atoms with Crippen molar-refractivity contribution in [2.75, 3.05) is 0 Å². The lowest BCUT2D eigenvalue weighted by molar-refractivity contribution is 0.145. The molecule has 1 aromatic rings. The Hall–Kier alpha value is -0.810. The summed E-state index contributed by atoms with van der Waals surface area (Å²) in [7, 11) is 0. The van der Waals surface area contributed by atoms with Crippen LogP contribution in [0.3, 0.4) is 0 Å². The standard InChI is InChI=1S/C8H6F2IN3/c9-8(10)7-6(11)4(2-12)1-5(3-13)14-7/h1,8H,2,12H2. The second kappa shape index (κ2) is 4.61. The summed E-state index contributed by atoms with van der Waals surface area (Å²) in [5.74, 6) is 0. The molecule has 0 radical (unpaired) electrons. The predicted octanol–water partition coefficient (Wildman–Crippen LogP) is 1.95. The Labute approximate surface area is 93.1 Å². The Morgan fingerprint density at radius 2 is 2.29 bits per heavy atom. The molecule has 3 nitrogen and oxygen atoms in total. The van der Waals surface area contributed by atoms with Crippen molar-refractivity contribution in [2.24, 2.45) is 5.73 Å². The number of aromatic nitrogens is 1. The average Bonchev–Trinajstić information content (AvgIpc) is 2.17. The van der Waals surface area contributed by atoms with Gasteiger partial charge in [0.05, 0.1) is 0 Å². The largest absolute Gasteiger partial charge is 0.326 e. The van der Waals surface area contributed by atoms with E-state index >= 15 is 0 Å². The van der Waals surface area contributed by atoms with Crippen LogP contribution in [0.25, 0.3) is 0 Å². The number of hydrogen-bond donors (Lipinski definition) is 1. The molecule has 0 fully saturated rings. The molecule has 0 saturated carbocycles. The SMILES string of the molecule is N#Cc1cc(CN)c(I)c(C(F)F)n1. The zero-order valence-electron chi connectivity index (χ0n) is 6.97. The van der Waals surface area contributed by atoms with Gasteiger partial charge in [0, 0.05) is 10.1 Å². The van der Waals surface area contributed by atoms with Crippen LogP contribution in [0, 0.1) is 14.9 Å². The Morgan fingerprint density at radius 3 is 2.71 bits per heavy atom. The molecule has 2 N–H and O–H groups in total. The molecule has 0 aliphatic rings. The molecule has 0 saturated heterocycles. The zero-order chi connectivity index (χ0) is 10.7. The lowest BCUT2D eigenvalue weighted by Crippen LogP contribution is -2.06. The minimum atomic E-state index is -2.68. The van der Waals surface area contributed by atoms with Crippen molar-refractivity contribution in [3.63, 3.8) is 0 Å². The van der Waals surface area contributed by atoms with Gasteiger partial charge in [-0.05, 0) is 34.2 Å². The summed E-state index contributed by atoms with van der Waals surface area (Å²) in [5.41, 5.74) is 5.48. The number of alkyl halides is 2. The van der Waals surface area contributed by atoms with Crippen LogP contribution in [0.4, 0.5) is 8.78 Å². The molecule has 14 heavy (non-hydrogen) atoms. The molecule has 0 bridgehead atoms. The van der Waals surface area contributed by atoms with Crippen LogP contribution in [-0.4, -0.2) is 4.98 Å². The third-order valence-corrected chi connectivity index (χ3v) is 2.85.